The van der Waals surface area contributed by atoms with Crippen LogP contribution in [0.15, 0.2) is 52.9 Å². The number of rotatable bonds is 2. The Hall–Kier alpha value is -2.75. The summed E-state index contributed by atoms with van der Waals surface area (Å²) in [5.74, 6) is 0.104. The van der Waals surface area contributed by atoms with E-state index in [4.69, 9.17) is 4.42 Å². The van der Waals surface area contributed by atoms with Crippen molar-refractivity contribution in [2.45, 2.75) is 6.42 Å². The van der Waals surface area contributed by atoms with Gasteiger partial charge in [0.15, 0.2) is 5.76 Å². The average molecular weight is 278 g/mol. The molecular formula is C17H14N2O2. The fourth-order valence-corrected chi connectivity index (χ4v) is 2.67. The van der Waals surface area contributed by atoms with Crippen molar-refractivity contribution >= 4 is 28.3 Å². The van der Waals surface area contributed by atoms with Gasteiger partial charge in [-0.2, -0.15) is 0 Å². The summed E-state index contributed by atoms with van der Waals surface area (Å²) in [6, 6.07) is 15.3. The first-order chi connectivity index (χ1) is 10.3. The highest BCUT2D eigenvalue weighted by Gasteiger charge is 2.14. The quantitative estimate of drug-likeness (QED) is 0.752. The third-order valence-electron chi connectivity index (χ3n) is 3.72. The van der Waals surface area contributed by atoms with Crippen LogP contribution in [0, 0.1) is 0 Å². The molecule has 0 fully saturated rings. The van der Waals surface area contributed by atoms with E-state index in [1.807, 2.05) is 42.5 Å². The molecule has 21 heavy (non-hydrogen) atoms. The topological polar surface area (TPSA) is 54.3 Å². The van der Waals surface area contributed by atoms with E-state index in [2.05, 4.69) is 10.6 Å². The SMILES string of the molecule is O=C(Nc1ccc2c(c1)CCN2)c1cc2ccccc2o1. The van der Waals surface area contributed by atoms with Crippen LogP contribution < -0.4 is 10.6 Å². The van der Waals surface area contributed by atoms with Gasteiger partial charge in [-0.15, -0.1) is 0 Å². The number of para-hydroxylation sites is 1. The van der Waals surface area contributed by atoms with E-state index in [1.165, 1.54) is 5.56 Å². The van der Waals surface area contributed by atoms with Crippen molar-refractivity contribution in [3.63, 3.8) is 0 Å². The molecule has 104 valence electrons. The van der Waals surface area contributed by atoms with Crippen molar-refractivity contribution in [3.05, 3.63) is 59.9 Å². The summed E-state index contributed by atoms with van der Waals surface area (Å²) in [5, 5.41) is 7.12. The second-order valence-corrected chi connectivity index (χ2v) is 5.15. The highest BCUT2D eigenvalue weighted by Crippen LogP contribution is 2.26. The second kappa shape index (κ2) is 4.66. The van der Waals surface area contributed by atoms with Gasteiger partial charge in [-0.05, 0) is 42.3 Å². The van der Waals surface area contributed by atoms with Crippen LogP contribution in [0.1, 0.15) is 16.1 Å². The Morgan fingerprint density at radius 2 is 2.05 bits per heavy atom. The molecule has 2 heterocycles. The van der Waals surface area contributed by atoms with E-state index in [9.17, 15) is 4.79 Å². The van der Waals surface area contributed by atoms with E-state index in [-0.39, 0.29) is 5.91 Å². The van der Waals surface area contributed by atoms with Gasteiger partial charge in [0, 0.05) is 23.3 Å². The standard InChI is InChI=1S/C17H14N2O2/c20-17(16-10-12-3-1-2-4-15(12)21-16)19-13-5-6-14-11(9-13)7-8-18-14/h1-6,9-10,18H,7-8H2,(H,19,20). The number of carbonyl (C=O) groups is 1. The number of anilines is 2. The monoisotopic (exact) mass is 278 g/mol. The van der Waals surface area contributed by atoms with Crippen molar-refractivity contribution in [1.82, 2.24) is 0 Å². The molecule has 0 unspecified atom stereocenters. The van der Waals surface area contributed by atoms with Crippen molar-refractivity contribution in [3.8, 4) is 0 Å². The van der Waals surface area contributed by atoms with Gasteiger partial charge in [0.25, 0.3) is 5.91 Å². The highest BCUT2D eigenvalue weighted by molar-refractivity contribution is 6.04. The molecule has 2 aromatic carbocycles. The Labute approximate surface area is 121 Å². The molecule has 0 spiro atoms. The number of amides is 1. The number of hydrogen-bond donors (Lipinski definition) is 2. The maximum atomic E-state index is 12.3. The molecule has 1 amide bonds. The summed E-state index contributed by atoms with van der Waals surface area (Å²) >= 11 is 0. The van der Waals surface area contributed by atoms with Crippen LogP contribution in [-0.2, 0) is 6.42 Å². The minimum atomic E-state index is -0.225. The molecule has 1 aliphatic rings. The van der Waals surface area contributed by atoms with Gasteiger partial charge in [-0.1, -0.05) is 18.2 Å². The normalized spacial score (nSPS) is 13.0. The molecule has 2 N–H and O–H groups in total. The van der Waals surface area contributed by atoms with Crippen molar-refractivity contribution in [2.75, 3.05) is 17.2 Å². The second-order valence-electron chi connectivity index (χ2n) is 5.15. The van der Waals surface area contributed by atoms with Gasteiger partial charge in [-0.25, -0.2) is 0 Å². The van der Waals surface area contributed by atoms with Crippen LogP contribution >= 0.6 is 0 Å². The van der Waals surface area contributed by atoms with Gasteiger partial charge < -0.3 is 15.1 Å². The summed E-state index contributed by atoms with van der Waals surface area (Å²) in [5.41, 5.74) is 3.90. The molecule has 0 aliphatic carbocycles. The van der Waals surface area contributed by atoms with Crippen molar-refractivity contribution < 1.29 is 9.21 Å². The molecule has 3 aromatic rings. The summed E-state index contributed by atoms with van der Waals surface area (Å²) in [7, 11) is 0. The predicted octanol–water partition coefficient (Wildman–Crippen LogP) is 3.65. The van der Waals surface area contributed by atoms with Crippen molar-refractivity contribution in [1.29, 1.82) is 0 Å². The molecule has 0 atom stereocenters. The minimum Gasteiger partial charge on any atom is -0.451 e. The molecule has 0 bridgehead atoms. The lowest BCUT2D eigenvalue weighted by Gasteiger charge is -2.05. The summed E-state index contributed by atoms with van der Waals surface area (Å²) < 4.78 is 5.57. The lowest BCUT2D eigenvalue weighted by atomic mass is 10.1. The molecular weight excluding hydrogens is 264 g/mol. The number of nitrogens with one attached hydrogen (secondary N) is 2. The Bertz CT molecular complexity index is 803. The fourth-order valence-electron chi connectivity index (χ4n) is 2.67. The fraction of sp³-hybridized carbons (Fsp3) is 0.118. The number of carbonyl (C=O) groups excluding carboxylic acids is 1. The van der Waals surface area contributed by atoms with Gasteiger partial charge >= 0.3 is 0 Å². The van der Waals surface area contributed by atoms with E-state index in [0.29, 0.717) is 5.76 Å². The van der Waals surface area contributed by atoms with Gasteiger partial charge in [-0.3, -0.25) is 4.79 Å². The summed E-state index contributed by atoms with van der Waals surface area (Å²) in [6.45, 7) is 0.955. The van der Waals surface area contributed by atoms with Crippen LogP contribution in [0.3, 0.4) is 0 Å². The Balaban J connectivity index is 1.60. The molecule has 4 rings (SSSR count). The van der Waals surface area contributed by atoms with E-state index >= 15 is 0 Å². The van der Waals surface area contributed by atoms with Crippen molar-refractivity contribution in [2.24, 2.45) is 0 Å². The highest BCUT2D eigenvalue weighted by atomic mass is 16.3. The first-order valence-electron chi connectivity index (χ1n) is 6.96. The van der Waals surface area contributed by atoms with Crippen LogP contribution in [0.2, 0.25) is 0 Å². The van der Waals surface area contributed by atoms with E-state index in [0.717, 1.165) is 35.3 Å². The molecule has 1 aromatic heterocycles. The molecule has 0 radical (unpaired) electrons. The zero-order valence-electron chi connectivity index (χ0n) is 11.3. The summed E-state index contributed by atoms with van der Waals surface area (Å²) in [6.07, 6.45) is 0.990. The first-order valence-corrected chi connectivity index (χ1v) is 6.96. The number of benzene rings is 2. The molecule has 0 saturated heterocycles. The third kappa shape index (κ3) is 2.14. The van der Waals surface area contributed by atoms with E-state index < -0.39 is 0 Å². The van der Waals surface area contributed by atoms with Gasteiger partial charge in [0.05, 0.1) is 0 Å². The lowest BCUT2D eigenvalue weighted by Crippen LogP contribution is -2.10. The number of fused-ring (bicyclic) bond motifs is 2. The van der Waals surface area contributed by atoms with Gasteiger partial charge in [0.1, 0.15) is 5.58 Å². The smallest absolute Gasteiger partial charge is 0.291 e. The van der Waals surface area contributed by atoms with E-state index in [1.54, 1.807) is 6.07 Å². The molecule has 1 aliphatic heterocycles. The zero-order chi connectivity index (χ0) is 14.2. The predicted molar refractivity (Wildman–Crippen MR) is 82.8 cm³/mol. The Morgan fingerprint density at radius 3 is 2.95 bits per heavy atom. The minimum absolute atomic E-state index is 0.225. The van der Waals surface area contributed by atoms with Crippen LogP contribution in [0.25, 0.3) is 11.0 Å². The summed E-state index contributed by atoms with van der Waals surface area (Å²) in [4.78, 5) is 12.3. The van der Waals surface area contributed by atoms with Crippen LogP contribution in [-0.4, -0.2) is 12.5 Å². The molecule has 4 heteroatoms. The molecule has 4 nitrogen and oxygen atoms in total. The third-order valence-corrected chi connectivity index (χ3v) is 3.72. The number of hydrogen-bond acceptors (Lipinski definition) is 3. The Morgan fingerprint density at radius 1 is 1.14 bits per heavy atom. The lowest BCUT2D eigenvalue weighted by molar-refractivity contribution is 0.0998. The largest absolute Gasteiger partial charge is 0.451 e. The van der Waals surface area contributed by atoms with Gasteiger partial charge in [0.2, 0.25) is 0 Å². The maximum absolute atomic E-state index is 12.3. The first kappa shape index (κ1) is 12.0. The van der Waals surface area contributed by atoms with Crippen LogP contribution in [0.4, 0.5) is 11.4 Å². The average Bonchev–Trinajstić information content (AvgIpc) is 3.13. The maximum Gasteiger partial charge on any atom is 0.291 e. The molecule has 0 saturated carbocycles. The van der Waals surface area contributed by atoms with Crippen LogP contribution in [0.5, 0.6) is 0 Å². The zero-order valence-corrected chi connectivity index (χ0v) is 11.3. The number of furan rings is 1. The Kier molecular flexibility index (Phi) is 2.67.